The third-order valence-corrected chi connectivity index (χ3v) is 3.84. The van der Waals surface area contributed by atoms with E-state index >= 15 is 0 Å². The molecule has 23 heavy (non-hydrogen) atoms. The Bertz CT molecular complexity index is 773. The molecule has 0 saturated carbocycles. The zero-order valence-corrected chi connectivity index (χ0v) is 12.9. The van der Waals surface area contributed by atoms with Crippen molar-refractivity contribution >= 4 is 17.6 Å². The number of nitrogens with one attached hydrogen (secondary N) is 2. The largest absolute Gasteiger partial charge is 0.493 e. The Morgan fingerprint density at radius 2 is 2.13 bits per heavy atom. The number of nitrogens with zero attached hydrogens (tertiary/aromatic N) is 1. The molecule has 1 aliphatic heterocycles. The first-order valence-corrected chi connectivity index (χ1v) is 7.29. The zero-order valence-electron chi connectivity index (χ0n) is 12.9. The van der Waals surface area contributed by atoms with Gasteiger partial charge in [0, 0.05) is 11.8 Å². The summed E-state index contributed by atoms with van der Waals surface area (Å²) in [5.41, 5.74) is 2.35. The number of amides is 2. The standard InChI is InChI=1S/C17H17N3O3/c1-10-7-8-18-16(15(10)23-2)20-14(21)9-13-11-5-3-4-6-12(11)17(22)19-13/h3-8,13H,9H2,1-2H3,(H,19,22)(H,18,20,21). The van der Waals surface area contributed by atoms with E-state index in [0.29, 0.717) is 17.1 Å². The maximum atomic E-state index is 12.3. The fraction of sp³-hybridized carbons (Fsp3) is 0.235. The molecule has 3 rings (SSSR count). The van der Waals surface area contributed by atoms with E-state index in [4.69, 9.17) is 4.74 Å². The molecular formula is C17H17N3O3. The second-order valence-corrected chi connectivity index (χ2v) is 5.38. The monoisotopic (exact) mass is 311 g/mol. The molecule has 1 unspecified atom stereocenters. The number of rotatable bonds is 4. The summed E-state index contributed by atoms with van der Waals surface area (Å²) in [6.07, 6.45) is 1.75. The van der Waals surface area contributed by atoms with E-state index in [1.807, 2.05) is 31.2 Å². The number of ether oxygens (including phenoxy) is 1. The lowest BCUT2D eigenvalue weighted by molar-refractivity contribution is -0.116. The Labute approximate surface area is 133 Å². The Hall–Kier alpha value is -2.89. The number of carbonyl (C=O) groups is 2. The normalized spacial score (nSPS) is 15.7. The Balaban J connectivity index is 1.74. The molecule has 1 aliphatic rings. The van der Waals surface area contributed by atoms with Gasteiger partial charge in [0.1, 0.15) is 0 Å². The Morgan fingerprint density at radius 3 is 2.91 bits per heavy atom. The highest BCUT2D eigenvalue weighted by molar-refractivity contribution is 6.00. The quantitative estimate of drug-likeness (QED) is 0.907. The van der Waals surface area contributed by atoms with Gasteiger partial charge in [0.15, 0.2) is 11.6 Å². The van der Waals surface area contributed by atoms with Crippen molar-refractivity contribution in [2.75, 3.05) is 12.4 Å². The van der Waals surface area contributed by atoms with Gasteiger partial charge in [0.25, 0.3) is 5.91 Å². The molecule has 118 valence electrons. The second kappa shape index (κ2) is 6.08. The van der Waals surface area contributed by atoms with Crippen molar-refractivity contribution in [3.63, 3.8) is 0 Å². The van der Waals surface area contributed by atoms with Gasteiger partial charge in [-0.2, -0.15) is 0 Å². The third-order valence-electron chi connectivity index (χ3n) is 3.84. The number of methoxy groups -OCH3 is 1. The highest BCUT2D eigenvalue weighted by Gasteiger charge is 2.29. The Morgan fingerprint density at radius 1 is 1.35 bits per heavy atom. The molecule has 0 saturated heterocycles. The maximum Gasteiger partial charge on any atom is 0.252 e. The molecular weight excluding hydrogens is 294 g/mol. The van der Waals surface area contributed by atoms with Crippen molar-refractivity contribution in [3.05, 3.63) is 53.2 Å². The molecule has 0 fully saturated rings. The van der Waals surface area contributed by atoms with Crippen LogP contribution in [-0.4, -0.2) is 23.9 Å². The number of anilines is 1. The van der Waals surface area contributed by atoms with Gasteiger partial charge in [-0.15, -0.1) is 0 Å². The molecule has 6 nitrogen and oxygen atoms in total. The highest BCUT2D eigenvalue weighted by Crippen LogP contribution is 2.29. The summed E-state index contributed by atoms with van der Waals surface area (Å²) < 4.78 is 5.27. The smallest absolute Gasteiger partial charge is 0.252 e. The molecule has 2 N–H and O–H groups in total. The number of aromatic nitrogens is 1. The van der Waals surface area contributed by atoms with Crippen LogP contribution < -0.4 is 15.4 Å². The van der Waals surface area contributed by atoms with Gasteiger partial charge < -0.3 is 15.4 Å². The minimum Gasteiger partial charge on any atom is -0.493 e. The topological polar surface area (TPSA) is 80.3 Å². The molecule has 2 amide bonds. The molecule has 6 heteroatoms. The summed E-state index contributed by atoms with van der Waals surface area (Å²) >= 11 is 0. The van der Waals surface area contributed by atoms with E-state index in [0.717, 1.165) is 11.1 Å². The van der Waals surface area contributed by atoms with E-state index < -0.39 is 0 Å². The lowest BCUT2D eigenvalue weighted by Crippen LogP contribution is -2.24. The lowest BCUT2D eigenvalue weighted by Gasteiger charge is -2.14. The molecule has 1 atom stereocenters. The average molecular weight is 311 g/mol. The summed E-state index contributed by atoms with van der Waals surface area (Å²) in [7, 11) is 1.53. The molecule has 2 aromatic rings. The minimum absolute atomic E-state index is 0.140. The minimum atomic E-state index is -0.325. The predicted molar refractivity (Wildman–Crippen MR) is 85.4 cm³/mol. The molecule has 1 aromatic carbocycles. The van der Waals surface area contributed by atoms with Crippen molar-refractivity contribution in [1.29, 1.82) is 0 Å². The summed E-state index contributed by atoms with van der Waals surface area (Å²) in [5.74, 6) is 0.542. The van der Waals surface area contributed by atoms with Crippen LogP contribution in [0.15, 0.2) is 36.5 Å². The summed E-state index contributed by atoms with van der Waals surface area (Å²) in [5, 5.41) is 5.57. The van der Waals surface area contributed by atoms with Gasteiger partial charge in [-0.25, -0.2) is 4.98 Å². The average Bonchev–Trinajstić information content (AvgIpc) is 2.84. The van der Waals surface area contributed by atoms with E-state index in [2.05, 4.69) is 15.6 Å². The first-order valence-electron chi connectivity index (χ1n) is 7.29. The number of hydrogen-bond donors (Lipinski definition) is 2. The van der Waals surface area contributed by atoms with Gasteiger partial charge in [-0.1, -0.05) is 18.2 Å². The third kappa shape index (κ3) is 2.88. The highest BCUT2D eigenvalue weighted by atomic mass is 16.5. The fourth-order valence-electron chi connectivity index (χ4n) is 2.74. The van der Waals surface area contributed by atoms with Crippen LogP contribution in [0.1, 0.15) is 33.9 Å². The van der Waals surface area contributed by atoms with Crippen molar-refractivity contribution in [1.82, 2.24) is 10.3 Å². The van der Waals surface area contributed by atoms with Crippen molar-refractivity contribution < 1.29 is 14.3 Å². The molecule has 0 spiro atoms. The summed E-state index contributed by atoms with van der Waals surface area (Å²) in [6.45, 7) is 1.88. The van der Waals surface area contributed by atoms with E-state index in [9.17, 15) is 9.59 Å². The number of carbonyl (C=O) groups excluding carboxylic acids is 2. The van der Waals surface area contributed by atoms with Crippen LogP contribution in [0, 0.1) is 6.92 Å². The number of fused-ring (bicyclic) bond motifs is 1. The van der Waals surface area contributed by atoms with Crippen LogP contribution in [0.4, 0.5) is 5.82 Å². The van der Waals surface area contributed by atoms with E-state index in [-0.39, 0.29) is 24.3 Å². The summed E-state index contributed by atoms with van der Waals surface area (Å²) in [4.78, 5) is 28.3. The summed E-state index contributed by atoms with van der Waals surface area (Å²) in [6, 6.07) is 8.76. The van der Waals surface area contributed by atoms with Crippen LogP contribution in [0.2, 0.25) is 0 Å². The van der Waals surface area contributed by atoms with Gasteiger partial charge in [0.05, 0.1) is 19.6 Å². The zero-order chi connectivity index (χ0) is 16.4. The molecule has 0 bridgehead atoms. The van der Waals surface area contributed by atoms with Crippen LogP contribution in [0.3, 0.4) is 0 Å². The van der Waals surface area contributed by atoms with Crippen LogP contribution in [0.25, 0.3) is 0 Å². The number of pyridine rings is 1. The van der Waals surface area contributed by atoms with Gasteiger partial charge in [0.2, 0.25) is 5.91 Å². The van der Waals surface area contributed by atoms with Gasteiger partial charge in [-0.3, -0.25) is 9.59 Å². The van der Waals surface area contributed by atoms with Gasteiger partial charge in [-0.05, 0) is 30.2 Å². The first kappa shape index (κ1) is 15.0. The van der Waals surface area contributed by atoms with E-state index in [1.165, 1.54) is 7.11 Å². The van der Waals surface area contributed by atoms with Crippen molar-refractivity contribution in [3.8, 4) is 5.75 Å². The van der Waals surface area contributed by atoms with Crippen LogP contribution >= 0.6 is 0 Å². The fourth-order valence-corrected chi connectivity index (χ4v) is 2.74. The molecule has 1 aromatic heterocycles. The Kier molecular flexibility index (Phi) is 3.97. The SMILES string of the molecule is COc1c(C)ccnc1NC(=O)CC1NC(=O)c2ccccc21. The van der Waals surface area contributed by atoms with Gasteiger partial charge >= 0.3 is 0 Å². The molecule has 0 aliphatic carbocycles. The second-order valence-electron chi connectivity index (χ2n) is 5.38. The number of aryl methyl sites for hydroxylation is 1. The molecule has 0 radical (unpaired) electrons. The van der Waals surface area contributed by atoms with Crippen LogP contribution in [0.5, 0.6) is 5.75 Å². The number of hydrogen-bond acceptors (Lipinski definition) is 4. The van der Waals surface area contributed by atoms with E-state index in [1.54, 1.807) is 12.3 Å². The van der Waals surface area contributed by atoms with Crippen LogP contribution in [-0.2, 0) is 4.79 Å². The van der Waals surface area contributed by atoms with Crippen molar-refractivity contribution in [2.45, 2.75) is 19.4 Å². The molecule has 2 heterocycles. The lowest BCUT2D eigenvalue weighted by atomic mass is 10.0. The first-order chi connectivity index (χ1) is 11.1. The predicted octanol–water partition coefficient (Wildman–Crippen LogP) is 2.21. The number of benzene rings is 1. The van der Waals surface area contributed by atoms with Crippen molar-refractivity contribution in [2.24, 2.45) is 0 Å². The maximum absolute atomic E-state index is 12.3.